The maximum atomic E-state index is 12.1. The Morgan fingerprint density at radius 1 is 1.32 bits per heavy atom. The Morgan fingerprint density at radius 2 is 2.08 bits per heavy atom. The second-order valence-electron chi connectivity index (χ2n) is 6.23. The molecule has 0 saturated carbocycles. The van der Waals surface area contributed by atoms with Gasteiger partial charge >= 0.3 is 5.97 Å². The third-order valence-electron chi connectivity index (χ3n) is 3.98. The quantitative estimate of drug-likeness (QED) is 0.315. The Bertz CT molecular complexity index is 782. The minimum absolute atomic E-state index is 0.0359. The van der Waals surface area contributed by atoms with Gasteiger partial charge in [0.1, 0.15) is 11.4 Å². The molecule has 1 heterocycles. The molecule has 0 aliphatic heterocycles. The van der Waals surface area contributed by atoms with Crippen LogP contribution in [-0.2, 0) is 4.79 Å². The van der Waals surface area contributed by atoms with Gasteiger partial charge in [-0.15, -0.1) is 0 Å². The summed E-state index contributed by atoms with van der Waals surface area (Å²) in [6, 6.07) is 6.70. The highest BCUT2D eigenvalue weighted by atomic mass is 16.4. The molecule has 0 aliphatic rings. The van der Waals surface area contributed by atoms with Crippen molar-refractivity contribution in [2.75, 3.05) is 6.54 Å². The SMILES string of the molecule is CC(CCCCNC(=O)c1cc2cc(C(=N)N)ccc2o1)CC(=O)O. The minimum Gasteiger partial charge on any atom is -0.481 e. The zero-order valence-electron chi connectivity index (χ0n) is 14.2. The summed E-state index contributed by atoms with van der Waals surface area (Å²) in [4.78, 5) is 22.7. The lowest BCUT2D eigenvalue weighted by molar-refractivity contribution is -0.138. The number of nitrogen functional groups attached to an aromatic ring is 1. The van der Waals surface area contributed by atoms with Crippen LogP contribution in [0.5, 0.6) is 0 Å². The Labute approximate surface area is 145 Å². The van der Waals surface area contributed by atoms with Crippen LogP contribution in [0, 0.1) is 11.3 Å². The maximum absolute atomic E-state index is 12.1. The van der Waals surface area contributed by atoms with Crippen LogP contribution in [0.25, 0.3) is 11.0 Å². The molecule has 7 nitrogen and oxygen atoms in total. The van der Waals surface area contributed by atoms with Gasteiger partial charge in [0.05, 0.1) is 0 Å². The van der Waals surface area contributed by atoms with Crippen molar-refractivity contribution in [1.82, 2.24) is 5.32 Å². The summed E-state index contributed by atoms with van der Waals surface area (Å²) >= 11 is 0. The van der Waals surface area contributed by atoms with E-state index in [1.165, 1.54) is 0 Å². The fourth-order valence-corrected chi connectivity index (χ4v) is 2.63. The number of fused-ring (bicyclic) bond motifs is 1. The van der Waals surface area contributed by atoms with E-state index >= 15 is 0 Å². The van der Waals surface area contributed by atoms with Gasteiger partial charge in [0.2, 0.25) is 0 Å². The third kappa shape index (κ3) is 5.34. The van der Waals surface area contributed by atoms with Crippen molar-refractivity contribution in [3.05, 3.63) is 35.6 Å². The summed E-state index contributed by atoms with van der Waals surface area (Å²) in [7, 11) is 0. The zero-order valence-corrected chi connectivity index (χ0v) is 14.2. The lowest BCUT2D eigenvalue weighted by Crippen LogP contribution is -2.24. The lowest BCUT2D eigenvalue weighted by Gasteiger charge is -2.08. The van der Waals surface area contributed by atoms with Crippen molar-refractivity contribution in [3.63, 3.8) is 0 Å². The third-order valence-corrected chi connectivity index (χ3v) is 3.98. The average molecular weight is 345 g/mol. The average Bonchev–Trinajstić information content (AvgIpc) is 2.96. The van der Waals surface area contributed by atoms with Crippen molar-refractivity contribution in [2.45, 2.75) is 32.6 Å². The number of nitrogens with two attached hydrogens (primary N) is 1. The molecule has 0 spiro atoms. The number of rotatable bonds is 9. The van der Waals surface area contributed by atoms with Crippen molar-refractivity contribution in [2.24, 2.45) is 11.7 Å². The van der Waals surface area contributed by atoms with Crippen LogP contribution in [0.2, 0.25) is 0 Å². The smallest absolute Gasteiger partial charge is 0.303 e. The van der Waals surface area contributed by atoms with Crippen molar-refractivity contribution in [1.29, 1.82) is 5.41 Å². The number of amidine groups is 1. The number of amides is 1. The number of aliphatic carboxylic acids is 1. The lowest BCUT2D eigenvalue weighted by atomic mass is 10.0. The summed E-state index contributed by atoms with van der Waals surface area (Å²) in [6.45, 7) is 2.42. The second kappa shape index (κ2) is 8.32. The summed E-state index contributed by atoms with van der Waals surface area (Å²) in [6.07, 6.45) is 2.63. The topological polar surface area (TPSA) is 129 Å². The molecule has 1 atom stereocenters. The van der Waals surface area contributed by atoms with E-state index in [1.807, 2.05) is 6.92 Å². The van der Waals surface area contributed by atoms with E-state index in [-0.39, 0.29) is 29.8 Å². The van der Waals surface area contributed by atoms with Gasteiger partial charge in [0.25, 0.3) is 5.91 Å². The molecule has 2 rings (SSSR count). The molecular weight excluding hydrogens is 322 g/mol. The first kappa shape index (κ1) is 18.5. The molecule has 1 aromatic carbocycles. The molecule has 1 unspecified atom stereocenters. The first-order chi connectivity index (χ1) is 11.9. The molecule has 25 heavy (non-hydrogen) atoms. The molecule has 1 amide bonds. The van der Waals surface area contributed by atoms with Gasteiger partial charge in [-0.25, -0.2) is 0 Å². The van der Waals surface area contributed by atoms with Gasteiger partial charge in [-0.1, -0.05) is 19.8 Å². The highest BCUT2D eigenvalue weighted by molar-refractivity contribution is 6.00. The monoisotopic (exact) mass is 345 g/mol. The number of hydrogen-bond acceptors (Lipinski definition) is 4. The molecule has 0 aliphatic carbocycles. The molecule has 5 N–H and O–H groups in total. The molecule has 0 saturated heterocycles. The maximum Gasteiger partial charge on any atom is 0.303 e. The highest BCUT2D eigenvalue weighted by Gasteiger charge is 2.13. The number of carbonyl (C=O) groups is 2. The second-order valence-corrected chi connectivity index (χ2v) is 6.23. The van der Waals surface area contributed by atoms with E-state index in [4.69, 9.17) is 20.7 Å². The van der Waals surface area contributed by atoms with Crippen LogP contribution in [0.4, 0.5) is 0 Å². The fourth-order valence-electron chi connectivity index (χ4n) is 2.63. The van der Waals surface area contributed by atoms with Crippen LogP contribution in [0.3, 0.4) is 0 Å². The number of carboxylic acids is 1. The van der Waals surface area contributed by atoms with E-state index in [1.54, 1.807) is 24.3 Å². The number of carbonyl (C=O) groups excluding carboxylic acids is 1. The Hall–Kier alpha value is -2.83. The van der Waals surface area contributed by atoms with E-state index in [2.05, 4.69) is 5.32 Å². The van der Waals surface area contributed by atoms with Gasteiger partial charge < -0.3 is 20.6 Å². The van der Waals surface area contributed by atoms with E-state index in [9.17, 15) is 9.59 Å². The van der Waals surface area contributed by atoms with Crippen LogP contribution in [0.15, 0.2) is 28.7 Å². The first-order valence-corrected chi connectivity index (χ1v) is 8.25. The summed E-state index contributed by atoms with van der Waals surface area (Å²) in [5, 5.41) is 19.7. The number of hydrogen-bond donors (Lipinski definition) is 4. The molecule has 2 aromatic rings. The van der Waals surface area contributed by atoms with Gasteiger partial charge in [-0.3, -0.25) is 15.0 Å². The van der Waals surface area contributed by atoms with Crippen LogP contribution in [0.1, 0.15) is 48.7 Å². The number of unbranched alkanes of at least 4 members (excludes halogenated alkanes) is 1. The number of benzene rings is 1. The minimum atomic E-state index is -0.779. The molecule has 0 fully saturated rings. The van der Waals surface area contributed by atoms with Crippen molar-refractivity contribution in [3.8, 4) is 0 Å². The first-order valence-electron chi connectivity index (χ1n) is 8.25. The van der Waals surface area contributed by atoms with Gasteiger partial charge in [0.15, 0.2) is 5.76 Å². The van der Waals surface area contributed by atoms with E-state index in [0.717, 1.165) is 24.6 Å². The van der Waals surface area contributed by atoms with Crippen LogP contribution < -0.4 is 11.1 Å². The van der Waals surface area contributed by atoms with E-state index in [0.29, 0.717) is 17.7 Å². The van der Waals surface area contributed by atoms with Gasteiger partial charge in [-0.2, -0.15) is 0 Å². The number of nitrogens with one attached hydrogen (secondary N) is 2. The predicted molar refractivity (Wildman–Crippen MR) is 94.8 cm³/mol. The van der Waals surface area contributed by atoms with Crippen LogP contribution in [-0.4, -0.2) is 29.4 Å². The normalized spacial score (nSPS) is 12.0. The predicted octanol–water partition coefficient (Wildman–Crippen LogP) is 2.73. The Morgan fingerprint density at radius 3 is 2.76 bits per heavy atom. The van der Waals surface area contributed by atoms with Gasteiger partial charge in [-0.05, 0) is 36.6 Å². The molecular formula is C18H23N3O4. The Balaban J connectivity index is 1.82. The van der Waals surface area contributed by atoms with E-state index < -0.39 is 5.97 Å². The molecule has 134 valence electrons. The summed E-state index contributed by atoms with van der Waals surface area (Å²) in [5.74, 6) is -0.752. The molecule has 7 heteroatoms. The standard InChI is InChI=1S/C18H23N3O4/c1-11(8-16(22)23)4-2-3-7-21-18(24)15-10-13-9-12(17(19)20)5-6-14(13)25-15/h5-6,9-11H,2-4,7-8H2,1H3,(H3,19,20)(H,21,24)(H,22,23). The van der Waals surface area contributed by atoms with Crippen molar-refractivity contribution < 1.29 is 19.1 Å². The number of furan rings is 1. The largest absolute Gasteiger partial charge is 0.481 e. The summed E-state index contributed by atoms with van der Waals surface area (Å²) in [5.41, 5.74) is 6.60. The number of carboxylic acid groups (broad SMARTS) is 1. The Kier molecular flexibility index (Phi) is 6.16. The summed E-state index contributed by atoms with van der Waals surface area (Å²) < 4.78 is 5.51. The molecule has 0 bridgehead atoms. The van der Waals surface area contributed by atoms with Crippen molar-refractivity contribution >= 4 is 28.7 Å². The molecule has 0 radical (unpaired) electrons. The fraction of sp³-hybridized carbons (Fsp3) is 0.389. The molecule has 1 aromatic heterocycles. The highest BCUT2D eigenvalue weighted by Crippen LogP contribution is 2.20. The van der Waals surface area contributed by atoms with Crippen LogP contribution >= 0.6 is 0 Å². The van der Waals surface area contributed by atoms with Gasteiger partial charge in [0, 0.05) is 23.9 Å². The zero-order chi connectivity index (χ0) is 18.4.